The average molecular weight is 360 g/mol. The monoisotopic (exact) mass is 360 g/mol. The molecule has 2 aromatic rings. The fourth-order valence-corrected chi connectivity index (χ4v) is 4.25. The molecule has 0 aliphatic carbocycles. The van der Waals surface area contributed by atoms with Crippen LogP contribution in [0.5, 0.6) is 0 Å². The number of nitrogens with one attached hydrogen (secondary N) is 1. The van der Waals surface area contributed by atoms with E-state index in [2.05, 4.69) is 5.32 Å². The van der Waals surface area contributed by atoms with Gasteiger partial charge < -0.3 is 5.32 Å². The lowest BCUT2D eigenvalue weighted by atomic mass is 10.1. The fourth-order valence-electron chi connectivity index (χ4n) is 2.82. The zero-order chi connectivity index (χ0) is 18.6. The zero-order valence-corrected chi connectivity index (χ0v) is 15.9. The van der Waals surface area contributed by atoms with Crippen LogP contribution < -0.4 is 5.32 Å². The fraction of sp³-hybridized carbons (Fsp3) is 0.316. The van der Waals surface area contributed by atoms with Crippen LogP contribution in [-0.4, -0.2) is 31.7 Å². The molecule has 0 bridgehead atoms. The van der Waals surface area contributed by atoms with Crippen molar-refractivity contribution in [2.45, 2.75) is 32.6 Å². The van der Waals surface area contributed by atoms with Gasteiger partial charge in [0.25, 0.3) is 0 Å². The van der Waals surface area contributed by atoms with Gasteiger partial charge >= 0.3 is 0 Å². The average Bonchev–Trinajstić information content (AvgIpc) is 2.56. The van der Waals surface area contributed by atoms with E-state index in [0.29, 0.717) is 0 Å². The molecule has 0 atom stereocenters. The van der Waals surface area contributed by atoms with Crippen molar-refractivity contribution < 1.29 is 13.2 Å². The summed E-state index contributed by atoms with van der Waals surface area (Å²) in [7, 11) is -3.69. The molecule has 2 rings (SSSR count). The molecule has 6 heteroatoms. The van der Waals surface area contributed by atoms with Crippen LogP contribution in [0.1, 0.15) is 23.6 Å². The van der Waals surface area contributed by atoms with E-state index in [0.717, 1.165) is 22.4 Å². The Morgan fingerprint density at radius 3 is 2.12 bits per heavy atom. The Hall–Kier alpha value is -2.18. The van der Waals surface area contributed by atoms with Crippen LogP contribution in [0.4, 0.5) is 5.69 Å². The Labute approximate surface area is 149 Å². The first kappa shape index (κ1) is 19.1. The Morgan fingerprint density at radius 2 is 1.60 bits per heavy atom. The standard InChI is InChI=1S/C19H24N2O3S/c1-5-21(25(23,24)17-9-7-6-8-10-17)13-18(22)20-19-15(3)11-14(2)12-16(19)4/h6-12H,5,13H2,1-4H3,(H,20,22). The number of amides is 1. The Balaban J connectivity index is 2.19. The highest BCUT2D eigenvalue weighted by atomic mass is 32.2. The van der Waals surface area contributed by atoms with Crippen LogP contribution in [-0.2, 0) is 14.8 Å². The normalized spacial score (nSPS) is 11.6. The number of nitrogens with zero attached hydrogens (tertiary/aromatic N) is 1. The number of rotatable bonds is 6. The van der Waals surface area contributed by atoms with Gasteiger partial charge in [-0.05, 0) is 44.0 Å². The molecule has 1 amide bonds. The first-order valence-corrected chi connectivity index (χ1v) is 9.62. The number of carbonyl (C=O) groups is 1. The predicted octanol–water partition coefficient (Wildman–Crippen LogP) is 3.26. The SMILES string of the molecule is CCN(CC(=O)Nc1c(C)cc(C)cc1C)S(=O)(=O)c1ccccc1. The minimum Gasteiger partial charge on any atom is -0.324 e. The molecule has 0 aromatic heterocycles. The lowest BCUT2D eigenvalue weighted by Gasteiger charge is -2.21. The highest BCUT2D eigenvalue weighted by Crippen LogP contribution is 2.22. The Bertz CT molecular complexity index is 838. The molecule has 0 aliphatic rings. The Morgan fingerprint density at radius 1 is 1.04 bits per heavy atom. The number of hydrogen-bond acceptors (Lipinski definition) is 3. The summed E-state index contributed by atoms with van der Waals surface area (Å²) in [4.78, 5) is 12.6. The number of sulfonamides is 1. The first-order valence-electron chi connectivity index (χ1n) is 8.18. The molecular formula is C19H24N2O3S. The highest BCUT2D eigenvalue weighted by molar-refractivity contribution is 7.89. The number of hydrogen-bond donors (Lipinski definition) is 1. The van der Waals surface area contributed by atoms with Crippen molar-refractivity contribution in [2.75, 3.05) is 18.4 Å². The van der Waals surface area contributed by atoms with Crippen LogP contribution >= 0.6 is 0 Å². The molecule has 25 heavy (non-hydrogen) atoms. The van der Waals surface area contributed by atoms with Gasteiger partial charge in [0.1, 0.15) is 0 Å². The lowest BCUT2D eigenvalue weighted by molar-refractivity contribution is -0.116. The highest BCUT2D eigenvalue weighted by Gasteiger charge is 2.25. The Kier molecular flexibility index (Phi) is 5.98. The molecule has 0 saturated heterocycles. The molecule has 5 nitrogen and oxygen atoms in total. The molecule has 0 radical (unpaired) electrons. The van der Waals surface area contributed by atoms with Crippen molar-refractivity contribution in [1.82, 2.24) is 4.31 Å². The second kappa shape index (κ2) is 7.80. The van der Waals surface area contributed by atoms with E-state index in [9.17, 15) is 13.2 Å². The molecule has 2 aromatic carbocycles. The summed E-state index contributed by atoms with van der Waals surface area (Å²) in [6.45, 7) is 7.56. The van der Waals surface area contributed by atoms with E-state index >= 15 is 0 Å². The van der Waals surface area contributed by atoms with Gasteiger partial charge in [0, 0.05) is 12.2 Å². The molecule has 0 aliphatic heterocycles. The van der Waals surface area contributed by atoms with Crippen LogP contribution in [0.25, 0.3) is 0 Å². The summed E-state index contributed by atoms with van der Waals surface area (Å²) in [6, 6.07) is 12.1. The third kappa shape index (κ3) is 4.46. The molecule has 0 fully saturated rings. The summed E-state index contributed by atoms with van der Waals surface area (Å²) in [5.41, 5.74) is 3.78. The van der Waals surface area contributed by atoms with E-state index in [1.807, 2.05) is 32.9 Å². The van der Waals surface area contributed by atoms with E-state index in [-0.39, 0.29) is 23.9 Å². The van der Waals surface area contributed by atoms with Crippen LogP contribution in [0.2, 0.25) is 0 Å². The quantitative estimate of drug-likeness (QED) is 0.860. The summed E-state index contributed by atoms with van der Waals surface area (Å²) >= 11 is 0. The molecule has 1 N–H and O–H groups in total. The van der Waals surface area contributed by atoms with Crippen LogP contribution in [0.3, 0.4) is 0 Å². The van der Waals surface area contributed by atoms with Crippen molar-refractivity contribution in [3.05, 3.63) is 59.2 Å². The van der Waals surface area contributed by atoms with Gasteiger partial charge in [-0.3, -0.25) is 4.79 Å². The van der Waals surface area contributed by atoms with Crippen molar-refractivity contribution in [3.63, 3.8) is 0 Å². The van der Waals surface area contributed by atoms with Crippen molar-refractivity contribution in [2.24, 2.45) is 0 Å². The van der Waals surface area contributed by atoms with Crippen molar-refractivity contribution in [3.8, 4) is 0 Å². The van der Waals surface area contributed by atoms with Gasteiger partial charge in [0.05, 0.1) is 11.4 Å². The minimum absolute atomic E-state index is 0.187. The number of aryl methyl sites for hydroxylation is 3. The maximum Gasteiger partial charge on any atom is 0.243 e. The van der Waals surface area contributed by atoms with Gasteiger partial charge in [0.15, 0.2) is 0 Å². The van der Waals surface area contributed by atoms with Gasteiger partial charge in [-0.2, -0.15) is 4.31 Å². The lowest BCUT2D eigenvalue weighted by Crippen LogP contribution is -2.38. The predicted molar refractivity (Wildman–Crippen MR) is 100 cm³/mol. The van der Waals surface area contributed by atoms with Gasteiger partial charge in [-0.1, -0.05) is 42.8 Å². The zero-order valence-electron chi connectivity index (χ0n) is 15.0. The maximum atomic E-state index is 12.7. The largest absolute Gasteiger partial charge is 0.324 e. The number of benzene rings is 2. The third-order valence-electron chi connectivity index (χ3n) is 4.00. The van der Waals surface area contributed by atoms with E-state index < -0.39 is 10.0 Å². The molecule has 0 unspecified atom stereocenters. The topological polar surface area (TPSA) is 66.5 Å². The van der Waals surface area contributed by atoms with Gasteiger partial charge in [-0.25, -0.2) is 8.42 Å². The van der Waals surface area contributed by atoms with Crippen molar-refractivity contribution in [1.29, 1.82) is 0 Å². The first-order chi connectivity index (χ1) is 11.8. The van der Waals surface area contributed by atoms with Crippen LogP contribution in [0.15, 0.2) is 47.4 Å². The molecule has 0 heterocycles. The van der Waals surface area contributed by atoms with Crippen LogP contribution in [0, 0.1) is 20.8 Å². The molecule has 0 saturated carbocycles. The van der Waals surface area contributed by atoms with E-state index in [1.54, 1.807) is 25.1 Å². The molecule has 134 valence electrons. The summed E-state index contributed by atoms with van der Waals surface area (Å²) in [5, 5.41) is 2.85. The van der Waals surface area contributed by atoms with E-state index in [1.165, 1.54) is 16.4 Å². The third-order valence-corrected chi connectivity index (χ3v) is 5.93. The smallest absolute Gasteiger partial charge is 0.243 e. The van der Waals surface area contributed by atoms with Gasteiger partial charge in [0.2, 0.25) is 15.9 Å². The van der Waals surface area contributed by atoms with E-state index in [4.69, 9.17) is 0 Å². The number of carbonyl (C=O) groups excluding carboxylic acids is 1. The summed E-state index contributed by atoms with van der Waals surface area (Å²) < 4.78 is 26.5. The number of anilines is 1. The second-order valence-electron chi connectivity index (χ2n) is 6.07. The minimum atomic E-state index is -3.69. The molecular weight excluding hydrogens is 336 g/mol. The van der Waals surface area contributed by atoms with Crippen molar-refractivity contribution >= 4 is 21.6 Å². The number of likely N-dealkylation sites (N-methyl/N-ethyl adjacent to an activating group) is 1. The summed E-state index contributed by atoms with van der Waals surface area (Å²) in [6.07, 6.45) is 0. The second-order valence-corrected chi connectivity index (χ2v) is 8.00. The van der Waals surface area contributed by atoms with Gasteiger partial charge in [-0.15, -0.1) is 0 Å². The maximum absolute atomic E-state index is 12.7. The summed E-state index contributed by atoms with van der Waals surface area (Å²) in [5.74, 6) is -0.351. The molecule has 0 spiro atoms.